The Balaban J connectivity index is 2.69. The van der Waals surface area contributed by atoms with E-state index in [9.17, 15) is 13.2 Å². The maximum absolute atomic E-state index is 12.1. The van der Waals surface area contributed by atoms with Crippen LogP contribution in [0, 0.1) is 11.3 Å². The van der Waals surface area contributed by atoms with E-state index in [2.05, 4.69) is 5.32 Å². The van der Waals surface area contributed by atoms with Crippen molar-refractivity contribution < 1.29 is 17.9 Å². The Labute approximate surface area is 110 Å². The lowest BCUT2D eigenvalue weighted by atomic mass is 10.1. The first-order chi connectivity index (χ1) is 8.81. The highest BCUT2D eigenvalue weighted by molar-refractivity contribution is 5.31. The minimum absolute atomic E-state index is 0.0148. The van der Waals surface area contributed by atoms with Crippen LogP contribution in [0.1, 0.15) is 25.5 Å². The van der Waals surface area contributed by atoms with Gasteiger partial charge in [0.15, 0.2) is 0 Å². The molecule has 3 nitrogen and oxygen atoms in total. The van der Waals surface area contributed by atoms with E-state index < -0.39 is 18.8 Å². The molecule has 0 heterocycles. The Morgan fingerprint density at radius 1 is 1.26 bits per heavy atom. The molecule has 0 saturated carbocycles. The summed E-state index contributed by atoms with van der Waals surface area (Å²) < 4.78 is 41.7. The second kappa shape index (κ2) is 6.43. The van der Waals surface area contributed by atoms with Crippen LogP contribution in [0.3, 0.4) is 0 Å². The Bertz CT molecular complexity index is 435. The standard InChI is InChI=1S/C13H15F3N2O/c1-9(2)19-11-5-3-10(4-6-11)12(7-17)18-8-13(14,15)16/h3-6,9,12,18H,8H2,1-2H3. The number of ether oxygens (including phenoxy) is 1. The molecule has 0 radical (unpaired) electrons. The third-order valence-corrected chi connectivity index (χ3v) is 2.22. The molecule has 0 saturated heterocycles. The molecule has 1 rings (SSSR count). The van der Waals surface area contributed by atoms with Gasteiger partial charge in [-0.25, -0.2) is 0 Å². The Morgan fingerprint density at radius 2 is 1.84 bits per heavy atom. The molecule has 0 aromatic heterocycles. The lowest BCUT2D eigenvalue weighted by molar-refractivity contribution is -0.125. The molecule has 104 valence electrons. The van der Waals surface area contributed by atoms with Gasteiger partial charge < -0.3 is 4.74 Å². The monoisotopic (exact) mass is 272 g/mol. The van der Waals surface area contributed by atoms with Crippen LogP contribution in [-0.4, -0.2) is 18.8 Å². The second-order valence-corrected chi connectivity index (χ2v) is 4.29. The van der Waals surface area contributed by atoms with Gasteiger partial charge in [0.2, 0.25) is 0 Å². The van der Waals surface area contributed by atoms with Crippen LogP contribution in [0.4, 0.5) is 13.2 Å². The summed E-state index contributed by atoms with van der Waals surface area (Å²) in [5, 5.41) is 11.0. The van der Waals surface area contributed by atoms with Gasteiger partial charge in [-0.3, -0.25) is 5.32 Å². The van der Waals surface area contributed by atoms with E-state index in [-0.39, 0.29) is 6.10 Å². The first kappa shape index (κ1) is 15.3. The van der Waals surface area contributed by atoms with Crippen LogP contribution in [-0.2, 0) is 0 Å². The number of nitrogens with zero attached hydrogens (tertiary/aromatic N) is 1. The molecule has 0 amide bonds. The van der Waals surface area contributed by atoms with Crippen molar-refractivity contribution in [3.63, 3.8) is 0 Å². The Kier molecular flexibility index (Phi) is 5.19. The molecule has 1 unspecified atom stereocenters. The molecule has 1 N–H and O–H groups in total. The first-order valence-corrected chi connectivity index (χ1v) is 5.78. The SMILES string of the molecule is CC(C)Oc1ccc(C(C#N)NCC(F)(F)F)cc1. The van der Waals surface area contributed by atoms with E-state index in [1.165, 1.54) is 0 Å². The molecule has 1 aromatic rings. The summed E-state index contributed by atoms with van der Waals surface area (Å²) in [6.07, 6.45) is -4.32. The van der Waals surface area contributed by atoms with Crippen LogP contribution in [0.25, 0.3) is 0 Å². The number of rotatable bonds is 5. The van der Waals surface area contributed by atoms with E-state index in [1.807, 2.05) is 13.8 Å². The summed E-state index contributed by atoms with van der Waals surface area (Å²) in [6.45, 7) is 2.54. The van der Waals surface area contributed by atoms with Crippen LogP contribution in [0.2, 0.25) is 0 Å². The zero-order chi connectivity index (χ0) is 14.5. The molecule has 0 aliphatic heterocycles. The molecule has 19 heavy (non-hydrogen) atoms. The number of hydrogen-bond donors (Lipinski definition) is 1. The van der Waals surface area contributed by atoms with Gasteiger partial charge in [-0.05, 0) is 31.5 Å². The Morgan fingerprint density at radius 3 is 2.26 bits per heavy atom. The van der Waals surface area contributed by atoms with Gasteiger partial charge >= 0.3 is 6.18 Å². The molecule has 1 atom stereocenters. The summed E-state index contributed by atoms with van der Waals surface area (Å²) >= 11 is 0. The van der Waals surface area contributed by atoms with Gasteiger partial charge in [0.25, 0.3) is 0 Å². The van der Waals surface area contributed by atoms with E-state index in [1.54, 1.807) is 30.3 Å². The fourth-order valence-corrected chi connectivity index (χ4v) is 1.47. The lowest BCUT2D eigenvalue weighted by Crippen LogP contribution is -2.31. The fourth-order valence-electron chi connectivity index (χ4n) is 1.47. The summed E-state index contributed by atoms with van der Waals surface area (Å²) in [5.41, 5.74) is 0.475. The highest BCUT2D eigenvalue weighted by Gasteiger charge is 2.28. The van der Waals surface area contributed by atoms with Crippen molar-refractivity contribution in [2.24, 2.45) is 0 Å². The molecular formula is C13H15F3N2O. The van der Waals surface area contributed by atoms with Crippen LogP contribution in [0.5, 0.6) is 5.75 Å². The number of alkyl halides is 3. The molecule has 1 aromatic carbocycles. The zero-order valence-corrected chi connectivity index (χ0v) is 10.7. The van der Waals surface area contributed by atoms with Crippen molar-refractivity contribution in [3.05, 3.63) is 29.8 Å². The average Bonchev–Trinajstić information content (AvgIpc) is 2.29. The van der Waals surface area contributed by atoms with Crippen molar-refractivity contribution in [3.8, 4) is 11.8 Å². The van der Waals surface area contributed by atoms with Gasteiger partial charge in [0, 0.05) is 0 Å². The summed E-state index contributed by atoms with van der Waals surface area (Å²) in [6, 6.07) is 7.23. The molecule has 0 fully saturated rings. The second-order valence-electron chi connectivity index (χ2n) is 4.29. The zero-order valence-electron chi connectivity index (χ0n) is 10.7. The predicted molar refractivity (Wildman–Crippen MR) is 64.6 cm³/mol. The highest BCUT2D eigenvalue weighted by atomic mass is 19.4. The van der Waals surface area contributed by atoms with Gasteiger partial charge in [-0.15, -0.1) is 0 Å². The molecule has 0 aliphatic carbocycles. The first-order valence-electron chi connectivity index (χ1n) is 5.78. The summed E-state index contributed by atoms with van der Waals surface area (Å²) in [4.78, 5) is 0. The van der Waals surface area contributed by atoms with Crippen LogP contribution >= 0.6 is 0 Å². The molecular weight excluding hydrogens is 257 g/mol. The lowest BCUT2D eigenvalue weighted by Gasteiger charge is -2.15. The number of nitriles is 1. The average molecular weight is 272 g/mol. The predicted octanol–water partition coefficient (Wildman–Crippen LogP) is 3.19. The molecule has 0 spiro atoms. The maximum Gasteiger partial charge on any atom is 0.401 e. The smallest absolute Gasteiger partial charge is 0.401 e. The number of halogens is 3. The quantitative estimate of drug-likeness (QED) is 0.895. The largest absolute Gasteiger partial charge is 0.491 e. The summed E-state index contributed by atoms with van der Waals surface area (Å²) in [7, 11) is 0. The molecule has 0 aliphatic rings. The van der Waals surface area contributed by atoms with Crippen molar-refractivity contribution in [1.29, 1.82) is 5.26 Å². The van der Waals surface area contributed by atoms with E-state index in [0.717, 1.165) is 0 Å². The molecule has 6 heteroatoms. The normalized spacial score (nSPS) is 13.1. The van der Waals surface area contributed by atoms with Crippen molar-refractivity contribution in [2.45, 2.75) is 32.2 Å². The number of nitrogens with one attached hydrogen (secondary N) is 1. The van der Waals surface area contributed by atoms with Gasteiger partial charge in [-0.2, -0.15) is 18.4 Å². The van der Waals surface area contributed by atoms with Crippen molar-refractivity contribution >= 4 is 0 Å². The highest BCUT2D eigenvalue weighted by Crippen LogP contribution is 2.20. The van der Waals surface area contributed by atoms with Gasteiger partial charge in [0.1, 0.15) is 11.8 Å². The number of hydrogen-bond acceptors (Lipinski definition) is 3. The number of benzene rings is 1. The third kappa shape index (κ3) is 5.62. The van der Waals surface area contributed by atoms with Crippen molar-refractivity contribution in [1.82, 2.24) is 5.32 Å². The summed E-state index contributed by atoms with van der Waals surface area (Å²) in [5.74, 6) is 0.617. The van der Waals surface area contributed by atoms with Gasteiger partial charge in [0.05, 0.1) is 18.7 Å². The molecule has 0 bridgehead atoms. The topological polar surface area (TPSA) is 45.0 Å². The van der Waals surface area contributed by atoms with E-state index >= 15 is 0 Å². The van der Waals surface area contributed by atoms with Crippen molar-refractivity contribution in [2.75, 3.05) is 6.54 Å². The van der Waals surface area contributed by atoms with Gasteiger partial charge in [-0.1, -0.05) is 12.1 Å². The fraction of sp³-hybridized carbons (Fsp3) is 0.462. The minimum Gasteiger partial charge on any atom is -0.491 e. The van der Waals surface area contributed by atoms with Crippen LogP contribution < -0.4 is 10.1 Å². The maximum atomic E-state index is 12.1. The minimum atomic E-state index is -4.34. The van der Waals surface area contributed by atoms with E-state index in [4.69, 9.17) is 10.00 Å². The van der Waals surface area contributed by atoms with E-state index in [0.29, 0.717) is 11.3 Å². The third-order valence-electron chi connectivity index (χ3n) is 2.22. The van der Waals surface area contributed by atoms with Crippen LogP contribution in [0.15, 0.2) is 24.3 Å². The Hall–Kier alpha value is -1.74.